The number of hydrogen-bond donors (Lipinski definition) is 0. The van der Waals surface area contributed by atoms with Crippen LogP contribution in [0.5, 0.6) is 0 Å². The van der Waals surface area contributed by atoms with Gasteiger partial charge in [-0.2, -0.15) is 0 Å². The van der Waals surface area contributed by atoms with Crippen LogP contribution in [0, 0.1) is 0 Å². The van der Waals surface area contributed by atoms with Crippen LogP contribution in [0.3, 0.4) is 0 Å². The van der Waals surface area contributed by atoms with Gasteiger partial charge in [-0.1, -0.05) is 185 Å². The third-order valence-electron chi connectivity index (χ3n) is 11.6. The number of rotatable bonds is 7. The van der Waals surface area contributed by atoms with Gasteiger partial charge in [0.15, 0.2) is 0 Å². The van der Waals surface area contributed by atoms with E-state index in [1.54, 1.807) is 0 Å². The van der Waals surface area contributed by atoms with Crippen molar-refractivity contribution in [2.75, 3.05) is 4.90 Å². The highest BCUT2D eigenvalue weighted by Crippen LogP contribution is 2.56. The predicted molar refractivity (Wildman–Crippen MR) is 226 cm³/mol. The monoisotopic (exact) mass is 681 g/mol. The third-order valence-corrected chi connectivity index (χ3v) is 11.6. The van der Waals surface area contributed by atoms with Crippen LogP contribution >= 0.6 is 0 Å². The smallest absolute Gasteiger partial charge is 0.0621 e. The molecule has 1 aliphatic carbocycles. The second-order valence-electron chi connectivity index (χ2n) is 15.4. The minimum atomic E-state index is -0.126. The molecule has 0 aliphatic heterocycles. The normalized spacial score (nSPS) is 13.1. The van der Waals surface area contributed by atoms with Gasteiger partial charge in [0.25, 0.3) is 0 Å². The van der Waals surface area contributed by atoms with E-state index in [-0.39, 0.29) is 10.8 Å². The molecule has 0 amide bonds. The molecule has 0 unspecified atom stereocenters. The van der Waals surface area contributed by atoms with Crippen LogP contribution < -0.4 is 4.90 Å². The molecule has 0 fully saturated rings. The van der Waals surface area contributed by atoms with Crippen molar-refractivity contribution in [3.8, 4) is 33.4 Å². The van der Waals surface area contributed by atoms with Crippen molar-refractivity contribution < 1.29 is 0 Å². The van der Waals surface area contributed by atoms with Gasteiger partial charge >= 0.3 is 0 Å². The van der Waals surface area contributed by atoms with Crippen molar-refractivity contribution in [1.82, 2.24) is 0 Å². The van der Waals surface area contributed by atoms with E-state index < -0.39 is 0 Å². The first kappa shape index (κ1) is 32.7. The Morgan fingerprint density at radius 1 is 0.434 bits per heavy atom. The van der Waals surface area contributed by atoms with Crippen LogP contribution in [-0.4, -0.2) is 0 Å². The van der Waals surface area contributed by atoms with E-state index in [1.165, 1.54) is 72.1 Å². The van der Waals surface area contributed by atoms with Crippen molar-refractivity contribution in [1.29, 1.82) is 0 Å². The number of nitrogens with zero attached hydrogens (tertiary/aromatic N) is 1. The maximum atomic E-state index is 2.49. The molecule has 0 aromatic heterocycles. The summed E-state index contributed by atoms with van der Waals surface area (Å²) in [5.41, 5.74) is 16.1. The van der Waals surface area contributed by atoms with E-state index in [4.69, 9.17) is 0 Å². The summed E-state index contributed by atoms with van der Waals surface area (Å²) in [6, 6.07) is 69.0. The molecule has 1 aliphatic rings. The van der Waals surface area contributed by atoms with E-state index in [1.807, 2.05) is 0 Å². The quantitative estimate of drug-likeness (QED) is 0.162. The summed E-state index contributed by atoms with van der Waals surface area (Å²) < 4.78 is 0. The fourth-order valence-electron chi connectivity index (χ4n) is 8.46. The number of fused-ring (bicyclic) bond motifs is 4. The molecule has 0 saturated heterocycles. The first-order valence-electron chi connectivity index (χ1n) is 18.7. The molecular formula is C52H43N. The molecular weight excluding hydrogens is 639 g/mol. The summed E-state index contributed by atoms with van der Waals surface area (Å²) in [6.07, 6.45) is 0. The molecule has 53 heavy (non-hydrogen) atoms. The summed E-state index contributed by atoms with van der Waals surface area (Å²) >= 11 is 0. The van der Waals surface area contributed by atoms with Crippen LogP contribution in [0.2, 0.25) is 0 Å². The van der Waals surface area contributed by atoms with Gasteiger partial charge in [0.2, 0.25) is 0 Å². The van der Waals surface area contributed by atoms with Crippen LogP contribution in [0.1, 0.15) is 49.9 Å². The molecule has 0 atom stereocenters. The van der Waals surface area contributed by atoms with Crippen LogP contribution in [0.4, 0.5) is 17.1 Å². The number of benzene rings is 8. The summed E-state index contributed by atoms with van der Waals surface area (Å²) in [5.74, 6) is 0. The Bertz CT molecular complexity index is 2560. The van der Waals surface area contributed by atoms with E-state index in [9.17, 15) is 0 Å². The lowest BCUT2D eigenvalue weighted by atomic mass is 9.78. The summed E-state index contributed by atoms with van der Waals surface area (Å²) in [6.45, 7) is 9.35. The SMILES string of the molecule is CC(C)(c1ccccc1)c1ccc(-c2ccc(N(c3ccc(-c4ccccc4)cc3)c3c4c(cc5ccccc35)C(C)(C)c3ccccc3-4)cc2)cc1. The number of hydrogen-bond acceptors (Lipinski definition) is 1. The van der Waals surface area contributed by atoms with Gasteiger partial charge in [0, 0.05) is 33.2 Å². The average molecular weight is 682 g/mol. The Morgan fingerprint density at radius 2 is 0.906 bits per heavy atom. The summed E-state index contributed by atoms with van der Waals surface area (Å²) in [4.78, 5) is 2.49. The molecule has 0 heterocycles. The zero-order valence-electron chi connectivity index (χ0n) is 30.8. The van der Waals surface area contributed by atoms with Crippen molar-refractivity contribution in [2.45, 2.75) is 38.5 Å². The number of anilines is 3. The van der Waals surface area contributed by atoms with Gasteiger partial charge in [-0.15, -0.1) is 0 Å². The standard InChI is InChI=1S/C52H43N/c1-51(2,41-18-9-6-10-19-41)42-29-23-37(24-30-42)39-27-33-44(34-28-39)53(43-31-25-38(26-32-43)36-15-7-5-8-16-36)50-45-20-12-11-17-40(45)35-48-49(50)46-21-13-14-22-47(46)52(48,3)4/h5-35H,1-4H3. The predicted octanol–water partition coefficient (Wildman–Crippen LogP) is 14.3. The fourth-order valence-corrected chi connectivity index (χ4v) is 8.46. The summed E-state index contributed by atoms with van der Waals surface area (Å²) in [7, 11) is 0. The van der Waals surface area contributed by atoms with Crippen molar-refractivity contribution in [2.24, 2.45) is 0 Å². The minimum Gasteiger partial charge on any atom is -0.309 e. The third kappa shape index (κ3) is 5.56. The average Bonchev–Trinajstić information content (AvgIpc) is 3.44. The van der Waals surface area contributed by atoms with Gasteiger partial charge in [-0.05, 0) is 85.8 Å². The minimum absolute atomic E-state index is 0.0773. The van der Waals surface area contributed by atoms with Gasteiger partial charge in [-0.25, -0.2) is 0 Å². The van der Waals surface area contributed by atoms with E-state index in [2.05, 4.69) is 221 Å². The van der Waals surface area contributed by atoms with Crippen molar-refractivity contribution in [3.05, 3.63) is 210 Å². The molecule has 1 nitrogen and oxygen atoms in total. The Balaban J connectivity index is 1.19. The molecule has 0 N–H and O–H groups in total. The molecule has 0 spiro atoms. The first-order valence-corrected chi connectivity index (χ1v) is 18.7. The van der Waals surface area contributed by atoms with E-state index in [0.29, 0.717) is 0 Å². The fraction of sp³-hybridized carbons (Fsp3) is 0.115. The Hall–Kier alpha value is -6.18. The largest absolute Gasteiger partial charge is 0.309 e. The van der Waals surface area contributed by atoms with Crippen LogP contribution in [0.25, 0.3) is 44.2 Å². The van der Waals surface area contributed by atoms with Crippen molar-refractivity contribution in [3.63, 3.8) is 0 Å². The zero-order chi connectivity index (χ0) is 36.2. The highest BCUT2D eigenvalue weighted by molar-refractivity contribution is 6.09. The zero-order valence-corrected chi connectivity index (χ0v) is 30.8. The van der Waals surface area contributed by atoms with Crippen LogP contribution in [-0.2, 0) is 10.8 Å². The van der Waals surface area contributed by atoms with E-state index >= 15 is 0 Å². The molecule has 256 valence electrons. The Labute approximate surface area is 313 Å². The van der Waals surface area contributed by atoms with Gasteiger partial charge in [0.1, 0.15) is 0 Å². The topological polar surface area (TPSA) is 3.24 Å². The lowest BCUT2D eigenvalue weighted by molar-refractivity contribution is 0.641. The highest BCUT2D eigenvalue weighted by Gasteiger charge is 2.39. The molecule has 8 aromatic rings. The van der Waals surface area contributed by atoms with Crippen LogP contribution in [0.15, 0.2) is 188 Å². The maximum absolute atomic E-state index is 2.49. The van der Waals surface area contributed by atoms with Crippen molar-refractivity contribution >= 4 is 27.8 Å². The molecule has 8 aromatic carbocycles. The molecule has 0 radical (unpaired) electrons. The lowest BCUT2D eigenvalue weighted by Gasteiger charge is -2.31. The Morgan fingerprint density at radius 3 is 1.53 bits per heavy atom. The van der Waals surface area contributed by atoms with E-state index in [0.717, 1.165) is 11.4 Å². The first-order chi connectivity index (χ1) is 25.8. The molecule has 9 rings (SSSR count). The highest BCUT2D eigenvalue weighted by atomic mass is 15.1. The molecule has 0 bridgehead atoms. The van der Waals surface area contributed by atoms with Gasteiger partial charge in [-0.3, -0.25) is 0 Å². The second-order valence-corrected chi connectivity index (χ2v) is 15.4. The lowest BCUT2D eigenvalue weighted by Crippen LogP contribution is -2.18. The maximum Gasteiger partial charge on any atom is 0.0621 e. The van der Waals surface area contributed by atoms with Gasteiger partial charge in [0.05, 0.1) is 5.69 Å². The molecule has 1 heteroatoms. The molecule has 0 saturated carbocycles. The van der Waals surface area contributed by atoms with Gasteiger partial charge < -0.3 is 4.90 Å². The second kappa shape index (κ2) is 12.8. The Kier molecular flexibility index (Phi) is 7.90. The summed E-state index contributed by atoms with van der Waals surface area (Å²) in [5, 5.41) is 2.50.